The van der Waals surface area contributed by atoms with Gasteiger partial charge in [0.05, 0.1) is 23.4 Å². The van der Waals surface area contributed by atoms with E-state index in [4.69, 9.17) is 4.74 Å². The van der Waals surface area contributed by atoms with Crippen LogP contribution in [0, 0.1) is 10.1 Å². The first kappa shape index (κ1) is 18.6. The number of nitrogens with zero attached hydrogens (tertiary/aromatic N) is 5. The lowest BCUT2D eigenvalue weighted by molar-refractivity contribution is -0.384. The molecule has 0 aliphatic carbocycles. The van der Waals surface area contributed by atoms with Crippen molar-refractivity contribution >= 4 is 22.9 Å². The van der Waals surface area contributed by atoms with Gasteiger partial charge < -0.3 is 4.74 Å². The third-order valence-electron chi connectivity index (χ3n) is 3.60. The molecule has 0 atom stereocenters. The van der Waals surface area contributed by atoms with Crippen molar-refractivity contribution < 1.29 is 9.66 Å². The molecular weight excluding hydrogens is 360 g/mol. The summed E-state index contributed by atoms with van der Waals surface area (Å²) in [5, 5.41) is 23.5. The van der Waals surface area contributed by atoms with E-state index in [0.29, 0.717) is 22.7 Å². The number of pyridine rings is 1. The molecule has 3 rings (SSSR count). The molecule has 140 valence electrons. The summed E-state index contributed by atoms with van der Waals surface area (Å²) in [6.07, 6.45) is 3.23. The zero-order chi connectivity index (χ0) is 19.8. The molecule has 0 fully saturated rings. The number of nitro groups is 1. The number of non-ortho nitro benzene ring substituents is 1. The molecule has 1 aromatic heterocycles. The van der Waals surface area contributed by atoms with Gasteiger partial charge in [-0.25, -0.2) is 0 Å². The third kappa shape index (κ3) is 4.94. The number of nitrogens with one attached hydrogen (secondary N) is 1. The lowest BCUT2D eigenvalue weighted by atomic mass is 10.3. The predicted octanol–water partition coefficient (Wildman–Crippen LogP) is 4.56. The van der Waals surface area contributed by atoms with Gasteiger partial charge in [0, 0.05) is 30.1 Å². The number of anilines is 1. The fourth-order valence-corrected chi connectivity index (χ4v) is 2.20. The first-order valence-electron chi connectivity index (χ1n) is 8.20. The molecule has 0 saturated carbocycles. The van der Waals surface area contributed by atoms with E-state index in [0.717, 1.165) is 0 Å². The summed E-state index contributed by atoms with van der Waals surface area (Å²) in [7, 11) is 1.59. The molecule has 1 N–H and O–H groups in total. The summed E-state index contributed by atoms with van der Waals surface area (Å²) in [6.45, 7) is 0. The smallest absolute Gasteiger partial charge is 0.271 e. The van der Waals surface area contributed by atoms with Crippen molar-refractivity contribution in [1.29, 1.82) is 0 Å². The number of azo groups is 1. The summed E-state index contributed by atoms with van der Waals surface area (Å²) in [4.78, 5) is 14.5. The van der Waals surface area contributed by atoms with Crippen molar-refractivity contribution in [3.8, 4) is 5.75 Å². The van der Waals surface area contributed by atoms with Gasteiger partial charge in [-0.3, -0.25) is 20.5 Å². The first-order chi connectivity index (χ1) is 13.7. The van der Waals surface area contributed by atoms with Gasteiger partial charge in [0.2, 0.25) is 5.84 Å². The van der Waals surface area contributed by atoms with Crippen LogP contribution in [0.15, 0.2) is 88.4 Å². The number of rotatable bonds is 6. The number of benzene rings is 2. The fourth-order valence-electron chi connectivity index (χ4n) is 2.20. The Morgan fingerprint density at radius 2 is 1.96 bits per heavy atom. The number of nitro benzene ring substituents is 1. The normalized spacial score (nSPS) is 11.4. The molecule has 0 saturated heterocycles. The molecule has 0 spiro atoms. The van der Waals surface area contributed by atoms with Crippen LogP contribution in [0.3, 0.4) is 0 Å². The highest BCUT2D eigenvalue weighted by Gasteiger charge is 2.07. The molecule has 3 aromatic rings. The Labute approximate surface area is 160 Å². The Bertz CT molecular complexity index is 1000. The maximum absolute atomic E-state index is 10.9. The highest BCUT2D eigenvalue weighted by molar-refractivity contribution is 5.99. The van der Waals surface area contributed by atoms with Crippen LogP contribution in [0.2, 0.25) is 0 Å². The van der Waals surface area contributed by atoms with E-state index in [1.54, 1.807) is 68.0 Å². The van der Waals surface area contributed by atoms with Gasteiger partial charge in [0.25, 0.3) is 5.69 Å². The number of amidine groups is 1. The monoisotopic (exact) mass is 376 g/mol. The average Bonchev–Trinajstić information content (AvgIpc) is 2.75. The Kier molecular flexibility index (Phi) is 5.99. The molecule has 9 nitrogen and oxygen atoms in total. The molecule has 0 unspecified atom stereocenters. The summed E-state index contributed by atoms with van der Waals surface area (Å²) in [6, 6.07) is 16.6. The van der Waals surface area contributed by atoms with Gasteiger partial charge in [-0.1, -0.05) is 6.07 Å². The van der Waals surface area contributed by atoms with Gasteiger partial charge in [-0.15, -0.1) is 10.2 Å². The third-order valence-corrected chi connectivity index (χ3v) is 3.60. The van der Waals surface area contributed by atoms with Crippen LogP contribution in [0.1, 0.15) is 5.56 Å². The number of hydrogen-bond donors (Lipinski definition) is 1. The highest BCUT2D eigenvalue weighted by Crippen LogP contribution is 2.19. The standard InChI is InChI=1S/C19H16N6O3/c1-28-18-9-7-15(8-10-18)21-23-19(14-4-3-11-20-13-14)24-22-16-5-2-6-17(12-16)25(26)27/h2-13,22H,1H3. The number of ether oxygens (including phenoxy) is 1. The number of methoxy groups -OCH3 is 1. The maximum Gasteiger partial charge on any atom is 0.271 e. The van der Waals surface area contributed by atoms with Gasteiger partial charge in [0.1, 0.15) is 5.75 Å². The molecule has 1 heterocycles. The van der Waals surface area contributed by atoms with Gasteiger partial charge in [-0.2, -0.15) is 5.10 Å². The molecule has 0 aliphatic rings. The van der Waals surface area contributed by atoms with Crippen LogP contribution >= 0.6 is 0 Å². The van der Waals surface area contributed by atoms with Crippen molar-refractivity contribution in [2.24, 2.45) is 15.3 Å². The zero-order valence-electron chi connectivity index (χ0n) is 14.9. The van der Waals surface area contributed by atoms with Crippen molar-refractivity contribution in [2.75, 3.05) is 12.5 Å². The van der Waals surface area contributed by atoms with Crippen LogP contribution < -0.4 is 10.2 Å². The molecule has 0 bridgehead atoms. The molecule has 28 heavy (non-hydrogen) atoms. The lowest BCUT2D eigenvalue weighted by Gasteiger charge is -2.03. The minimum absolute atomic E-state index is 0.0389. The van der Waals surface area contributed by atoms with E-state index in [1.807, 2.05) is 0 Å². The SMILES string of the molecule is COc1ccc(N=NC(=NNc2cccc([N+](=O)[O-])c2)c2cccnc2)cc1. The zero-order valence-corrected chi connectivity index (χ0v) is 14.9. The second-order valence-electron chi connectivity index (χ2n) is 5.49. The number of hydrogen-bond acceptors (Lipinski definition) is 7. The topological polar surface area (TPSA) is 114 Å². The maximum atomic E-state index is 10.9. The molecule has 9 heteroatoms. The summed E-state index contributed by atoms with van der Waals surface area (Å²) in [5.74, 6) is 0.989. The summed E-state index contributed by atoms with van der Waals surface area (Å²) >= 11 is 0. The van der Waals surface area contributed by atoms with E-state index in [2.05, 4.69) is 25.7 Å². The minimum Gasteiger partial charge on any atom is -0.497 e. The predicted molar refractivity (Wildman–Crippen MR) is 105 cm³/mol. The summed E-state index contributed by atoms with van der Waals surface area (Å²) < 4.78 is 5.12. The second-order valence-corrected chi connectivity index (χ2v) is 5.49. The van der Waals surface area contributed by atoms with Crippen LogP contribution in [-0.4, -0.2) is 22.9 Å². The van der Waals surface area contributed by atoms with Crippen LogP contribution in [0.25, 0.3) is 0 Å². The van der Waals surface area contributed by atoms with Gasteiger partial charge >= 0.3 is 0 Å². The van der Waals surface area contributed by atoms with Crippen LogP contribution in [-0.2, 0) is 0 Å². The number of hydrazone groups is 1. The van der Waals surface area contributed by atoms with E-state index in [9.17, 15) is 10.1 Å². The van der Waals surface area contributed by atoms with Crippen LogP contribution in [0.4, 0.5) is 17.1 Å². The Hall–Kier alpha value is -4.14. The van der Waals surface area contributed by atoms with E-state index < -0.39 is 4.92 Å². The van der Waals surface area contributed by atoms with E-state index >= 15 is 0 Å². The summed E-state index contributed by atoms with van der Waals surface area (Å²) in [5.41, 5.74) is 4.45. The molecular formula is C19H16N6O3. The van der Waals surface area contributed by atoms with Crippen molar-refractivity contribution in [3.05, 3.63) is 88.7 Å². The minimum atomic E-state index is -0.472. The van der Waals surface area contributed by atoms with Crippen molar-refractivity contribution in [2.45, 2.75) is 0 Å². The second kappa shape index (κ2) is 8.99. The largest absolute Gasteiger partial charge is 0.497 e. The Balaban J connectivity index is 1.86. The lowest BCUT2D eigenvalue weighted by Crippen LogP contribution is -2.02. The Morgan fingerprint density at radius 3 is 2.64 bits per heavy atom. The van der Waals surface area contributed by atoms with E-state index in [-0.39, 0.29) is 11.5 Å². The molecule has 2 aromatic carbocycles. The Morgan fingerprint density at radius 1 is 1.14 bits per heavy atom. The van der Waals surface area contributed by atoms with Gasteiger partial charge in [-0.05, 0) is 42.5 Å². The van der Waals surface area contributed by atoms with Crippen molar-refractivity contribution in [1.82, 2.24) is 4.98 Å². The fraction of sp³-hybridized carbons (Fsp3) is 0.0526. The van der Waals surface area contributed by atoms with E-state index in [1.165, 1.54) is 12.1 Å². The molecule has 0 amide bonds. The quantitative estimate of drug-likeness (QED) is 0.223. The highest BCUT2D eigenvalue weighted by atomic mass is 16.6. The number of aromatic nitrogens is 1. The van der Waals surface area contributed by atoms with Crippen LogP contribution in [0.5, 0.6) is 5.75 Å². The average molecular weight is 376 g/mol. The molecule has 0 radical (unpaired) electrons. The van der Waals surface area contributed by atoms with Gasteiger partial charge in [0.15, 0.2) is 0 Å². The first-order valence-corrected chi connectivity index (χ1v) is 8.20. The molecule has 0 aliphatic heterocycles. The van der Waals surface area contributed by atoms with Crippen molar-refractivity contribution in [3.63, 3.8) is 0 Å².